The average Bonchev–Trinajstić information content (AvgIpc) is 2.21. The number of halogens is 1. The van der Waals surface area contributed by atoms with E-state index >= 15 is 0 Å². The highest BCUT2D eigenvalue weighted by Crippen LogP contribution is 2.02. The van der Waals surface area contributed by atoms with Crippen molar-refractivity contribution in [3.05, 3.63) is 35.6 Å². The molecule has 15 heavy (non-hydrogen) atoms. The number of carbonyl (C=O) groups excluding carboxylic acids is 1. The van der Waals surface area contributed by atoms with Gasteiger partial charge in [-0.2, -0.15) is 10.4 Å². The van der Waals surface area contributed by atoms with Gasteiger partial charge in [0.25, 0.3) is 5.91 Å². The summed E-state index contributed by atoms with van der Waals surface area (Å²) in [6.07, 6.45) is 0.916. The van der Waals surface area contributed by atoms with Crippen LogP contribution in [-0.2, 0) is 4.79 Å². The van der Waals surface area contributed by atoms with E-state index in [4.69, 9.17) is 5.26 Å². The van der Waals surface area contributed by atoms with Crippen LogP contribution in [0.5, 0.6) is 0 Å². The molecule has 0 fully saturated rings. The van der Waals surface area contributed by atoms with E-state index < -0.39 is 11.7 Å². The third kappa shape index (κ3) is 3.56. The molecule has 0 aromatic heterocycles. The number of rotatable bonds is 3. The standard InChI is InChI=1S/C10H8FN3O/c11-9-4-2-1-3-8(9)7-13-14-10(15)5-6-12/h1-4,7H,5H2,(H,14,15)/b13-7+. The number of benzene rings is 1. The predicted molar refractivity (Wildman–Crippen MR) is 52.4 cm³/mol. The van der Waals surface area contributed by atoms with E-state index in [1.54, 1.807) is 18.2 Å². The number of carbonyl (C=O) groups is 1. The quantitative estimate of drug-likeness (QED) is 0.595. The van der Waals surface area contributed by atoms with Gasteiger partial charge in [-0.15, -0.1) is 0 Å². The van der Waals surface area contributed by atoms with E-state index in [0.29, 0.717) is 0 Å². The van der Waals surface area contributed by atoms with Gasteiger partial charge in [0.05, 0.1) is 12.3 Å². The van der Waals surface area contributed by atoms with Gasteiger partial charge in [0.15, 0.2) is 0 Å². The molecule has 0 bridgehead atoms. The maximum absolute atomic E-state index is 13.0. The molecule has 0 heterocycles. The summed E-state index contributed by atoms with van der Waals surface area (Å²) in [6, 6.07) is 7.69. The monoisotopic (exact) mass is 205 g/mol. The van der Waals surface area contributed by atoms with Crippen LogP contribution in [-0.4, -0.2) is 12.1 Å². The van der Waals surface area contributed by atoms with Crippen molar-refractivity contribution in [3.63, 3.8) is 0 Å². The van der Waals surface area contributed by atoms with Crippen LogP contribution in [0.25, 0.3) is 0 Å². The van der Waals surface area contributed by atoms with Crippen LogP contribution in [0.2, 0.25) is 0 Å². The first kappa shape index (κ1) is 10.9. The Morgan fingerprint density at radius 1 is 1.60 bits per heavy atom. The van der Waals surface area contributed by atoms with Gasteiger partial charge in [0.2, 0.25) is 0 Å². The van der Waals surface area contributed by atoms with Crippen LogP contribution in [0.4, 0.5) is 4.39 Å². The number of hydrogen-bond donors (Lipinski definition) is 1. The summed E-state index contributed by atoms with van der Waals surface area (Å²) < 4.78 is 13.0. The maximum atomic E-state index is 13.0. The molecule has 0 saturated heterocycles. The SMILES string of the molecule is N#CCC(=O)N/N=C/c1ccccc1F. The lowest BCUT2D eigenvalue weighted by Gasteiger charge is -1.95. The van der Waals surface area contributed by atoms with Gasteiger partial charge in [-0.3, -0.25) is 4.79 Å². The summed E-state index contributed by atoms with van der Waals surface area (Å²) in [5.41, 5.74) is 2.37. The van der Waals surface area contributed by atoms with Crippen LogP contribution >= 0.6 is 0 Å². The predicted octanol–water partition coefficient (Wildman–Crippen LogP) is 1.19. The lowest BCUT2D eigenvalue weighted by molar-refractivity contribution is -0.120. The Labute approximate surface area is 86.0 Å². The Bertz CT molecular complexity index is 423. The van der Waals surface area contributed by atoms with Crippen LogP contribution < -0.4 is 5.43 Å². The minimum atomic E-state index is -0.523. The van der Waals surface area contributed by atoms with Crippen LogP contribution in [0.15, 0.2) is 29.4 Å². The van der Waals surface area contributed by atoms with Gasteiger partial charge >= 0.3 is 0 Å². The zero-order valence-electron chi connectivity index (χ0n) is 7.77. The Kier molecular flexibility index (Phi) is 3.98. The molecule has 1 rings (SSSR count). The fraction of sp³-hybridized carbons (Fsp3) is 0.100. The molecule has 0 radical (unpaired) electrons. The first-order chi connectivity index (χ1) is 7.24. The molecule has 76 valence electrons. The zero-order valence-corrected chi connectivity index (χ0v) is 7.77. The fourth-order valence-corrected chi connectivity index (χ4v) is 0.865. The van der Waals surface area contributed by atoms with Crippen molar-refractivity contribution in [3.8, 4) is 6.07 Å². The summed E-state index contributed by atoms with van der Waals surface area (Å²) in [7, 11) is 0. The Morgan fingerprint density at radius 2 is 2.33 bits per heavy atom. The fourth-order valence-electron chi connectivity index (χ4n) is 0.865. The summed E-state index contributed by atoms with van der Waals surface area (Å²) in [5.74, 6) is -0.944. The van der Waals surface area contributed by atoms with Crippen molar-refractivity contribution in [2.75, 3.05) is 0 Å². The number of hydrazone groups is 1. The van der Waals surface area contributed by atoms with Crippen molar-refractivity contribution < 1.29 is 9.18 Å². The molecule has 0 spiro atoms. The lowest BCUT2D eigenvalue weighted by atomic mass is 10.2. The summed E-state index contributed by atoms with van der Waals surface area (Å²) in [4.78, 5) is 10.8. The van der Waals surface area contributed by atoms with Gasteiger partial charge in [0.1, 0.15) is 12.2 Å². The van der Waals surface area contributed by atoms with E-state index in [1.807, 2.05) is 0 Å². The molecule has 1 amide bonds. The van der Waals surface area contributed by atoms with Crippen molar-refractivity contribution in [2.45, 2.75) is 6.42 Å². The minimum Gasteiger partial charge on any atom is -0.272 e. The molecule has 1 aromatic carbocycles. The summed E-state index contributed by atoms with van der Waals surface area (Å²) >= 11 is 0. The van der Waals surface area contributed by atoms with Gasteiger partial charge in [-0.05, 0) is 6.07 Å². The molecule has 0 saturated carbocycles. The Balaban J connectivity index is 2.56. The topological polar surface area (TPSA) is 65.2 Å². The molecular formula is C10H8FN3O. The molecule has 5 heteroatoms. The number of nitriles is 1. The lowest BCUT2D eigenvalue weighted by Crippen LogP contribution is -2.16. The first-order valence-electron chi connectivity index (χ1n) is 4.17. The van der Waals surface area contributed by atoms with Crippen molar-refractivity contribution in [1.82, 2.24) is 5.43 Å². The molecule has 0 aliphatic carbocycles. The number of nitrogens with one attached hydrogen (secondary N) is 1. The molecule has 0 aliphatic rings. The molecule has 1 N–H and O–H groups in total. The third-order valence-electron chi connectivity index (χ3n) is 1.54. The molecule has 4 nitrogen and oxygen atoms in total. The highest BCUT2D eigenvalue weighted by molar-refractivity contribution is 5.83. The number of amides is 1. The highest BCUT2D eigenvalue weighted by atomic mass is 19.1. The van der Waals surface area contributed by atoms with Crippen LogP contribution in [0, 0.1) is 17.1 Å². The van der Waals surface area contributed by atoms with Gasteiger partial charge in [-0.1, -0.05) is 18.2 Å². The highest BCUT2D eigenvalue weighted by Gasteiger charge is 1.97. The van der Waals surface area contributed by atoms with Gasteiger partial charge in [0, 0.05) is 5.56 Å². The van der Waals surface area contributed by atoms with Crippen molar-refractivity contribution in [1.29, 1.82) is 5.26 Å². The normalized spacial score (nSPS) is 9.87. The molecule has 1 aromatic rings. The zero-order chi connectivity index (χ0) is 11.1. The van der Waals surface area contributed by atoms with Crippen molar-refractivity contribution >= 4 is 12.1 Å². The van der Waals surface area contributed by atoms with Crippen LogP contribution in [0.1, 0.15) is 12.0 Å². The smallest absolute Gasteiger partial charge is 0.254 e. The van der Waals surface area contributed by atoms with E-state index in [1.165, 1.54) is 18.3 Å². The van der Waals surface area contributed by atoms with E-state index in [2.05, 4.69) is 10.5 Å². The first-order valence-corrected chi connectivity index (χ1v) is 4.17. The summed E-state index contributed by atoms with van der Waals surface area (Å²) in [5, 5.41) is 11.7. The minimum absolute atomic E-state index is 0.269. The third-order valence-corrected chi connectivity index (χ3v) is 1.54. The Morgan fingerprint density at radius 3 is 3.00 bits per heavy atom. The maximum Gasteiger partial charge on any atom is 0.254 e. The van der Waals surface area contributed by atoms with E-state index in [-0.39, 0.29) is 12.0 Å². The number of nitrogens with zero attached hydrogens (tertiary/aromatic N) is 2. The average molecular weight is 205 g/mol. The van der Waals surface area contributed by atoms with Gasteiger partial charge in [-0.25, -0.2) is 9.82 Å². The second kappa shape index (κ2) is 5.50. The van der Waals surface area contributed by atoms with E-state index in [0.717, 1.165) is 0 Å². The van der Waals surface area contributed by atoms with Crippen LogP contribution in [0.3, 0.4) is 0 Å². The molecule has 0 unspecified atom stereocenters. The molecule has 0 atom stereocenters. The van der Waals surface area contributed by atoms with E-state index in [9.17, 15) is 9.18 Å². The largest absolute Gasteiger partial charge is 0.272 e. The molecule has 0 aliphatic heterocycles. The number of hydrogen-bond acceptors (Lipinski definition) is 3. The second-order valence-corrected chi connectivity index (χ2v) is 2.65. The second-order valence-electron chi connectivity index (χ2n) is 2.65. The summed E-state index contributed by atoms with van der Waals surface area (Å²) in [6.45, 7) is 0. The van der Waals surface area contributed by atoms with Gasteiger partial charge < -0.3 is 0 Å². The Hall–Kier alpha value is -2.22. The van der Waals surface area contributed by atoms with Crippen molar-refractivity contribution in [2.24, 2.45) is 5.10 Å². The molecular weight excluding hydrogens is 197 g/mol.